The molecule has 31 heavy (non-hydrogen) atoms. The fraction of sp³-hybridized carbons (Fsp3) is 0.286. The highest BCUT2D eigenvalue weighted by molar-refractivity contribution is 6.21. The Bertz CT molecular complexity index is 1530. The van der Waals surface area contributed by atoms with Crippen molar-refractivity contribution in [2.24, 2.45) is 13.0 Å². The number of pyridine rings is 2. The predicted octanol–water partition coefficient (Wildman–Crippen LogP) is 6.67. The van der Waals surface area contributed by atoms with Crippen LogP contribution in [0.3, 0.4) is 0 Å². The Kier molecular flexibility index (Phi) is 3.83. The zero-order valence-corrected chi connectivity index (χ0v) is 18.0. The summed E-state index contributed by atoms with van der Waals surface area (Å²) >= 11 is 0. The largest absolute Gasteiger partial charge is 0.437 e. The first-order valence-electron chi connectivity index (χ1n) is 12.2. The van der Waals surface area contributed by atoms with Gasteiger partial charge in [-0.25, -0.2) is 9.55 Å². The minimum atomic E-state index is -1.34. The van der Waals surface area contributed by atoms with Crippen molar-refractivity contribution in [3.63, 3.8) is 0 Å². The molecule has 0 aliphatic heterocycles. The summed E-state index contributed by atoms with van der Waals surface area (Å²) in [5.41, 5.74) is 5.47. The molecule has 3 heteroatoms. The Hall–Kier alpha value is -3.20. The number of hydrogen-bond acceptors (Lipinski definition) is 2. The van der Waals surface area contributed by atoms with E-state index in [-0.39, 0.29) is 5.92 Å². The predicted molar refractivity (Wildman–Crippen MR) is 126 cm³/mol. The third-order valence-electron chi connectivity index (χ3n) is 6.80. The van der Waals surface area contributed by atoms with Crippen LogP contribution in [0.1, 0.15) is 39.6 Å². The number of furan rings is 1. The highest BCUT2D eigenvalue weighted by Gasteiger charge is 2.25. The number of hydrogen-bond donors (Lipinski definition) is 0. The first kappa shape index (κ1) is 16.5. The molecule has 3 aromatic heterocycles. The minimum Gasteiger partial charge on any atom is -0.437 e. The van der Waals surface area contributed by atoms with Gasteiger partial charge in [-0.05, 0) is 47.9 Å². The van der Waals surface area contributed by atoms with Gasteiger partial charge in [0.25, 0.3) is 0 Å². The normalized spacial score (nSPS) is 16.3. The van der Waals surface area contributed by atoms with Gasteiger partial charge in [0.15, 0.2) is 6.20 Å². The van der Waals surface area contributed by atoms with Crippen molar-refractivity contribution >= 4 is 32.8 Å². The molecule has 0 spiro atoms. The summed E-state index contributed by atoms with van der Waals surface area (Å²) in [6.07, 6.45) is 6.57. The molecule has 1 fully saturated rings. The number of aromatic nitrogens is 2. The highest BCUT2D eigenvalue weighted by Crippen LogP contribution is 2.42. The standard InChI is InChI=1S/C28H27N2O/c1-18-21-10-5-6-11-22(21)27-26(23-12-7-14-29-28(23)31-27)25(18)24-17-20(13-15-30(24)2)16-19-8-3-4-9-19/h5-7,10-15,17,19H,3-4,8-9,16H2,1-2H3/q+1/i16D2. The van der Waals surface area contributed by atoms with Crippen LogP contribution in [-0.4, -0.2) is 4.98 Å². The van der Waals surface area contributed by atoms with Crippen molar-refractivity contribution in [2.45, 2.75) is 39.0 Å². The highest BCUT2D eigenvalue weighted by atomic mass is 16.3. The van der Waals surface area contributed by atoms with Crippen molar-refractivity contribution in [2.75, 3.05) is 0 Å². The van der Waals surface area contributed by atoms with Crippen molar-refractivity contribution < 1.29 is 11.7 Å². The maximum Gasteiger partial charge on any atom is 0.227 e. The van der Waals surface area contributed by atoms with Gasteiger partial charge in [0.2, 0.25) is 11.4 Å². The Morgan fingerprint density at radius 3 is 2.68 bits per heavy atom. The first-order chi connectivity index (χ1) is 16.0. The van der Waals surface area contributed by atoms with Crippen LogP contribution in [0.25, 0.3) is 44.1 Å². The number of fused-ring (bicyclic) bond motifs is 5. The van der Waals surface area contributed by atoms with Crippen LogP contribution in [0, 0.1) is 12.8 Å². The molecule has 0 unspecified atom stereocenters. The van der Waals surface area contributed by atoms with Gasteiger partial charge in [0.1, 0.15) is 12.6 Å². The molecule has 6 rings (SSSR count). The molecule has 1 saturated carbocycles. The lowest BCUT2D eigenvalue weighted by Crippen LogP contribution is -2.31. The first-order valence-corrected chi connectivity index (χ1v) is 11.2. The minimum absolute atomic E-state index is 0.0785. The van der Waals surface area contributed by atoms with Crippen molar-refractivity contribution in [3.8, 4) is 11.3 Å². The van der Waals surface area contributed by atoms with Gasteiger partial charge < -0.3 is 4.42 Å². The third-order valence-corrected chi connectivity index (χ3v) is 6.80. The average molecular weight is 410 g/mol. The maximum atomic E-state index is 8.97. The van der Waals surface area contributed by atoms with Crippen molar-refractivity contribution in [1.29, 1.82) is 0 Å². The van der Waals surface area contributed by atoms with E-state index in [1.54, 1.807) is 6.20 Å². The van der Waals surface area contributed by atoms with E-state index in [9.17, 15) is 0 Å². The van der Waals surface area contributed by atoms with Gasteiger partial charge in [-0.15, -0.1) is 0 Å². The van der Waals surface area contributed by atoms with Gasteiger partial charge >= 0.3 is 0 Å². The van der Waals surface area contributed by atoms with Gasteiger partial charge in [-0.3, -0.25) is 0 Å². The molecule has 5 aromatic rings. The second-order valence-corrected chi connectivity index (χ2v) is 8.75. The van der Waals surface area contributed by atoms with Crippen LogP contribution < -0.4 is 4.57 Å². The summed E-state index contributed by atoms with van der Waals surface area (Å²) in [5.74, 6) is 0.0785. The van der Waals surface area contributed by atoms with Crippen molar-refractivity contribution in [1.82, 2.24) is 4.98 Å². The monoisotopic (exact) mass is 409 g/mol. The molecule has 154 valence electrons. The van der Waals surface area contributed by atoms with E-state index in [0.717, 1.165) is 69.6 Å². The van der Waals surface area contributed by atoms with Gasteiger partial charge in [0, 0.05) is 37.2 Å². The Labute approximate surface area is 185 Å². The lowest BCUT2D eigenvalue weighted by Gasteiger charge is -2.13. The fourth-order valence-electron chi connectivity index (χ4n) is 5.23. The van der Waals surface area contributed by atoms with Gasteiger partial charge in [-0.1, -0.05) is 49.9 Å². The molecule has 2 aromatic carbocycles. The van der Waals surface area contributed by atoms with Crippen LogP contribution in [0.15, 0.2) is 65.3 Å². The van der Waals surface area contributed by atoms with Crippen LogP contribution in [-0.2, 0) is 13.4 Å². The van der Waals surface area contributed by atoms with E-state index in [1.165, 1.54) is 5.56 Å². The maximum absolute atomic E-state index is 8.97. The van der Waals surface area contributed by atoms with Crippen LogP contribution in [0.5, 0.6) is 0 Å². The summed E-state index contributed by atoms with van der Waals surface area (Å²) in [6, 6.07) is 16.4. The van der Waals surface area contributed by atoms with E-state index >= 15 is 0 Å². The molecular formula is C28H27N2O+. The average Bonchev–Trinajstić information content (AvgIpc) is 3.49. The Morgan fingerprint density at radius 1 is 1.06 bits per heavy atom. The molecular weight excluding hydrogens is 380 g/mol. The SMILES string of the molecule is [2H]C([2H])(c1cc[n+](C)c(-c2c(C)c3ccccc3c3oc4ncccc4c23)c1)C1CCCC1. The summed E-state index contributed by atoms with van der Waals surface area (Å²) < 4.78 is 26.3. The molecule has 0 saturated heterocycles. The molecule has 0 bridgehead atoms. The summed E-state index contributed by atoms with van der Waals surface area (Å²) in [7, 11) is 2.03. The van der Waals surface area contributed by atoms with E-state index in [4.69, 9.17) is 7.16 Å². The van der Waals surface area contributed by atoms with E-state index in [1.807, 2.05) is 31.4 Å². The lowest BCUT2D eigenvalue weighted by atomic mass is 9.91. The number of rotatable bonds is 3. The summed E-state index contributed by atoms with van der Waals surface area (Å²) in [4.78, 5) is 4.49. The zero-order chi connectivity index (χ0) is 22.7. The van der Waals surface area contributed by atoms with Gasteiger partial charge in [0.05, 0.1) is 5.56 Å². The second-order valence-electron chi connectivity index (χ2n) is 8.75. The molecule has 1 aliphatic carbocycles. The third kappa shape index (κ3) is 2.95. The molecule has 3 heterocycles. The molecule has 1 aliphatic rings. The quantitative estimate of drug-likeness (QED) is 0.312. The van der Waals surface area contributed by atoms with E-state index < -0.39 is 6.37 Å². The zero-order valence-electron chi connectivity index (χ0n) is 20.0. The smallest absolute Gasteiger partial charge is 0.227 e. The van der Waals surface area contributed by atoms with E-state index in [2.05, 4.69) is 46.8 Å². The summed E-state index contributed by atoms with van der Waals surface area (Å²) in [6.45, 7) is 2.16. The van der Waals surface area contributed by atoms with Crippen LogP contribution in [0.4, 0.5) is 0 Å². The number of benzene rings is 2. The van der Waals surface area contributed by atoms with Crippen LogP contribution in [0.2, 0.25) is 0 Å². The molecule has 0 radical (unpaired) electrons. The molecule has 0 N–H and O–H groups in total. The van der Waals surface area contributed by atoms with E-state index in [0.29, 0.717) is 5.71 Å². The molecule has 0 amide bonds. The van der Waals surface area contributed by atoms with Crippen LogP contribution >= 0.6 is 0 Å². The Balaban J connectivity index is 1.70. The topological polar surface area (TPSA) is 29.9 Å². The second kappa shape index (κ2) is 7.19. The Morgan fingerprint density at radius 2 is 1.84 bits per heavy atom. The van der Waals surface area contributed by atoms with Crippen molar-refractivity contribution in [3.05, 3.63) is 72.1 Å². The summed E-state index contributed by atoms with van der Waals surface area (Å²) in [5, 5.41) is 4.25. The van der Waals surface area contributed by atoms with Gasteiger partial charge in [-0.2, -0.15) is 0 Å². The lowest BCUT2D eigenvalue weighted by molar-refractivity contribution is -0.660. The molecule has 3 nitrogen and oxygen atoms in total. The fourth-order valence-corrected chi connectivity index (χ4v) is 5.23. The number of nitrogens with zero attached hydrogens (tertiary/aromatic N) is 2. The number of aryl methyl sites for hydroxylation is 2. The molecule has 0 atom stereocenters.